The number of aromatic carboxylic acids is 1. The molecule has 0 amide bonds. The minimum absolute atomic E-state index is 0.153. The first-order chi connectivity index (χ1) is 9.01. The molecule has 104 valence electrons. The van der Waals surface area contributed by atoms with Gasteiger partial charge in [0.1, 0.15) is 11.4 Å². The van der Waals surface area contributed by atoms with Crippen LogP contribution in [0.25, 0.3) is 0 Å². The molecule has 1 unspecified atom stereocenters. The molecule has 2 rings (SSSR count). The summed E-state index contributed by atoms with van der Waals surface area (Å²) < 4.78 is 1.24. The van der Waals surface area contributed by atoms with Gasteiger partial charge in [-0.15, -0.1) is 0 Å². The van der Waals surface area contributed by atoms with E-state index in [2.05, 4.69) is 11.8 Å². The summed E-state index contributed by atoms with van der Waals surface area (Å²) in [6, 6.07) is 2.18. The van der Waals surface area contributed by atoms with Crippen LogP contribution in [0.4, 0.5) is 0 Å². The summed E-state index contributed by atoms with van der Waals surface area (Å²) in [7, 11) is 0. The summed E-state index contributed by atoms with van der Waals surface area (Å²) in [6.07, 6.45) is 0.959. The molecule has 19 heavy (non-hydrogen) atoms. The maximum absolute atomic E-state index is 11.8. The quantitative estimate of drug-likeness (QED) is 0.833. The van der Waals surface area contributed by atoms with Crippen molar-refractivity contribution in [2.75, 3.05) is 19.6 Å². The molecule has 0 radical (unpaired) electrons. The summed E-state index contributed by atoms with van der Waals surface area (Å²) in [6.45, 7) is 5.29. The van der Waals surface area contributed by atoms with E-state index < -0.39 is 11.5 Å². The van der Waals surface area contributed by atoms with Gasteiger partial charge in [0.05, 0.1) is 0 Å². The van der Waals surface area contributed by atoms with Crippen LogP contribution in [0, 0.1) is 5.92 Å². The molecule has 2 N–H and O–H groups in total. The van der Waals surface area contributed by atoms with Gasteiger partial charge in [0.25, 0.3) is 5.56 Å². The second-order valence-electron chi connectivity index (χ2n) is 4.90. The van der Waals surface area contributed by atoms with E-state index >= 15 is 0 Å². The van der Waals surface area contributed by atoms with Crippen LogP contribution in [0.3, 0.4) is 0 Å². The van der Waals surface area contributed by atoms with Crippen molar-refractivity contribution in [1.82, 2.24) is 9.47 Å². The van der Waals surface area contributed by atoms with Crippen molar-refractivity contribution in [3.05, 3.63) is 28.2 Å². The number of aromatic nitrogens is 1. The molecule has 1 aromatic rings. The van der Waals surface area contributed by atoms with Crippen molar-refractivity contribution in [3.63, 3.8) is 0 Å². The molecule has 1 aromatic heterocycles. The summed E-state index contributed by atoms with van der Waals surface area (Å²) in [5.41, 5.74) is -0.618. The molecule has 2 heterocycles. The zero-order valence-corrected chi connectivity index (χ0v) is 10.9. The van der Waals surface area contributed by atoms with E-state index in [1.165, 1.54) is 4.57 Å². The van der Waals surface area contributed by atoms with Gasteiger partial charge in [0.15, 0.2) is 0 Å². The van der Waals surface area contributed by atoms with Crippen LogP contribution < -0.4 is 5.56 Å². The molecule has 6 heteroatoms. The highest BCUT2D eigenvalue weighted by molar-refractivity contribution is 5.86. The Morgan fingerprint density at radius 3 is 2.79 bits per heavy atom. The standard InChI is InChI=1S/C13H18N2O4/c1-2-14-4-3-9(7-14)8-15-11(13(18)19)5-10(16)6-12(15)17/h5-6,9,16H,2-4,7-8H2,1H3,(H,18,19). The SMILES string of the molecule is CCN1CCC(Cn2c(C(=O)O)cc(O)cc2=O)C1. The summed E-state index contributed by atoms with van der Waals surface area (Å²) in [4.78, 5) is 25.2. The molecule has 1 aliphatic heterocycles. The minimum Gasteiger partial charge on any atom is -0.508 e. The number of nitrogens with zero attached hydrogens (tertiary/aromatic N) is 2. The second-order valence-corrected chi connectivity index (χ2v) is 4.90. The number of hydrogen-bond acceptors (Lipinski definition) is 4. The second kappa shape index (κ2) is 5.44. The van der Waals surface area contributed by atoms with Gasteiger partial charge in [-0.2, -0.15) is 0 Å². The monoisotopic (exact) mass is 266 g/mol. The lowest BCUT2D eigenvalue weighted by molar-refractivity contribution is 0.0681. The third-order valence-electron chi connectivity index (χ3n) is 3.59. The van der Waals surface area contributed by atoms with Crippen LogP contribution in [0.15, 0.2) is 16.9 Å². The first kappa shape index (κ1) is 13.6. The van der Waals surface area contributed by atoms with Gasteiger partial charge in [0.2, 0.25) is 0 Å². The summed E-state index contributed by atoms with van der Waals surface area (Å²) in [5.74, 6) is -1.22. The number of rotatable bonds is 4. The van der Waals surface area contributed by atoms with Gasteiger partial charge < -0.3 is 19.7 Å². The van der Waals surface area contributed by atoms with Crippen molar-refractivity contribution >= 4 is 5.97 Å². The predicted octanol–water partition coefficient (Wildman–Crippen LogP) is 0.594. The fraction of sp³-hybridized carbons (Fsp3) is 0.538. The first-order valence-corrected chi connectivity index (χ1v) is 6.40. The van der Waals surface area contributed by atoms with Crippen LogP contribution in [-0.2, 0) is 6.54 Å². The number of hydrogen-bond donors (Lipinski definition) is 2. The molecule has 0 aromatic carbocycles. The predicted molar refractivity (Wildman–Crippen MR) is 69.5 cm³/mol. The highest BCUT2D eigenvalue weighted by Gasteiger charge is 2.23. The van der Waals surface area contributed by atoms with Crippen molar-refractivity contribution < 1.29 is 15.0 Å². The molecule has 1 atom stereocenters. The third-order valence-corrected chi connectivity index (χ3v) is 3.59. The van der Waals surface area contributed by atoms with Crippen LogP contribution in [0.5, 0.6) is 5.75 Å². The van der Waals surface area contributed by atoms with Crippen LogP contribution in [0.1, 0.15) is 23.8 Å². The summed E-state index contributed by atoms with van der Waals surface area (Å²) >= 11 is 0. The Hall–Kier alpha value is -1.82. The number of carboxylic acid groups (broad SMARTS) is 1. The van der Waals surface area contributed by atoms with Crippen molar-refractivity contribution in [2.45, 2.75) is 19.9 Å². The van der Waals surface area contributed by atoms with E-state index in [4.69, 9.17) is 5.11 Å². The van der Waals surface area contributed by atoms with E-state index in [0.29, 0.717) is 6.54 Å². The number of pyridine rings is 1. The van der Waals surface area contributed by atoms with E-state index in [9.17, 15) is 14.7 Å². The van der Waals surface area contributed by atoms with E-state index in [1.54, 1.807) is 0 Å². The van der Waals surface area contributed by atoms with Crippen molar-refractivity contribution in [2.24, 2.45) is 5.92 Å². The van der Waals surface area contributed by atoms with Gasteiger partial charge in [0, 0.05) is 25.2 Å². The molecule has 0 spiro atoms. The molecule has 1 fully saturated rings. The largest absolute Gasteiger partial charge is 0.508 e. The minimum atomic E-state index is -1.20. The molecular formula is C13H18N2O4. The number of likely N-dealkylation sites (tertiary alicyclic amines) is 1. The summed E-state index contributed by atoms with van der Waals surface area (Å²) in [5, 5.41) is 18.4. The highest BCUT2D eigenvalue weighted by Crippen LogP contribution is 2.18. The zero-order chi connectivity index (χ0) is 14.0. The Balaban J connectivity index is 2.25. The normalized spacial score (nSPS) is 19.7. The Morgan fingerprint density at radius 1 is 1.47 bits per heavy atom. The lowest BCUT2D eigenvalue weighted by Gasteiger charge is -2.16. The lowest BCUT2D eigenvalue weighted by atomic mass is 10.1. The van der Waals surface area contributed by atoms with Gasteiger partial charge >= 0.3 is 5.97 Å². The van der Waals surface area contributed by atoms with E-state index in [1.807, 2.05) is 0 Å². The Bertz CT molecular complexity index is 538. The maximum atomic E-state index is 11.8. The molecule has 6 nitrogen and oxygen atoms in total. The highest BCUT2D eigenvalue weighted by atomic mass is 16.4. The van der Waals surface area contributed by atoms with Crippen molar-refractivity contribution in [3.8, 4) is 5.75 Å². The fourth-order valence-corrected chi connectivity index (χ4v) is 2.56. The van der Waals surface area contributed by atoms with Gasteiger partial charge in [-0.1, -0.05) is 6.92 Å². The molecule has 1 saturated heterocycles. The van der Waals surface area contributed by atoms with E-state index in [-0.39, 0.29) is 17.4 Å². The van der Waals surface area contributed by atoms with Crippen LogP contribution >= 0.6 is 0 Å². The third kappa shape index (κ3) is 2.96. The zero-order valence-electron chi connectivity index (χ0n) is 10.9. The molecule has 0 aliphatic carbocycles. The van der Waals surface area contributed by atoms with Gasteiger partial charge in [-0.05, 0) is 25.4 Å². The fourth-order valence-electron chi connectivity index (χ4n) is 2.56. The van der Waals surface area contributed by atoms with Gasteiger partial charge in [-0.25, -0.2) is 4.79 Å². The van der Waals surface area contributed by atoms with Crippen LogP contribution in [0.2, 0.25) is 0 Å². The average molecular weight is 266 g/mol. The number of carbonyl (C=O) groups is 1. The number of carboxylic acids is 1. The first-order valence-electron chi connectivity index (χ1n) is 6.40. The van der Waals surface area contributed by atoms with Gasteiger partial charge in [-0.3, -0.25) is 4.79 Å². The smallest absolute Gasteiger partial charge is 0.352 e. The lowest BCUT2D eigenvalue weighted by Crippen LogP contribution is -2.29. The molecule has 0 saturated carbocycles. The molecular weight excluding hydrogens is 248 g/mol. The molecule has 1 aliphatic rings. The topological polar surface area (TPSA) is 82.8 Å². The van der Waals surface area contributed by atoms with Crippen molar-refractivity contribution in [1.29, 1.82) is 0 Å². The Kier molecular flexibility index (Phi) is 3.90. The Morgan fingerprint density at radius 2 is 2.21 bits per heavy atom. The maximum Gasteiger partial charge on any atom is 0.352 e. The number of aromatic hydroxyl groups is 1. The Labute approximate surface area is 110 Å². The molecule has 0 bridgehead atoms. The average Bonchev–Trinajstić information content (AvgIpc) is 2.79. The van der Waals surface area contributed by atoms with E-state index in [0.717, 1.165) is 38.2 Å². The van der Waals surface area contributed by atoms with Crippen LogP contribution in [-0.4, -0.2) is 45.3 Å².